The van der Waals surface area contributed by atoms with Crippen LogP contribution >= 0.6 is 0 Å². The average Bonchev–Trinajstić information content (AvgIpc) is 2.15. The molecule has 0 aromatic rings. The zero-order valence-corrected chi connectivity index (χ0v) is 5.80. The largest absolute Gasteiger partial charge is 0.393 e. The van der Waals surface area contributed by atoms with Crippen molar-refractivity contribution in [2.45, 2.75) is 31.8 Å². The summed E-state index contributed by atoms with van der Waals surface area (Å²) in [5.74, 6) is 0.280. The Hall–Kier alpha value is -0.0800. The molecule has 0 unspecified atom stereocenters. The summed E-state index contributed by atoms with van der Waals surface area (Å²) >= 11 is 0. The maximum Gasteiger partial charge on any atom is 0.0902 e. The minimum Gasteiger partial charge on any atom is -0.393 e. The van der Waals surface area contributed by atoms with Gasteiger partial charge < -0.3 is 10.2 Å². The number of hydrogen-bond acceptors (Lipinski definition) is 2. The van der Waals surface area contributed by atoms with Crippen LogP contribution in [0.1, 0.15) is 26.2 Å². The maximum absolute atomic E-state index is 9.52. The van der Waals surface area contributed by atoms with Crippen molar-refractivity contribution >= 4 is 0 Å². The fourth-order valence-corrected chi connectivity index (χ4v) is 1.46. The molecule has 0 aliphatic heterocycles. The lowest BCUT2D eigenvalue weighted by atomic mass is 9.94. The van der Waals surface area contributed by atoms with Gasteiger partial charge in [-0.2, -0.15) is 0 Å². The molecule has 54 valence electrons. The smallest absolute Gasteiger partial charge is 0.0902 e. The zero-order chi connectivity index (χ0) is 6.91. The molecule has 1 saturated carbocycles. The fourth-order valence-electron chi connectivity index (χ4n) is 1.46. The Morgan fingerprint density at radius 3 is 2.56 bits per heavy atom. The molecule has 0 radical (unpaired) electrons. The Labute approximate surface area is 55.5 Å². The van der Waals surface area contributed by atoms with Crippen molar-refractivity contribution in [1.29, 1.82) is 0 Å². The van der Waals surface area contributed by atoms with Crippen LogP contribution in [0.15, 0.2) is 0 Å². The first kappa shape index (κ1) is 7.03. The van der Waals surface area contributed by atoms with Crippen LogP contribution in [-0.4, -0.2) is 22.4 Å². The number of rotatable bonds is 1. The van der Waals surface area contributed by atoms with E-state index < -0.39 is 5.60 Å². The van der Waals surface area contributed by atoms with Crippen LogP contribution in [0.5, 0.6) is 0 Å². The van der Waals surface area contributed by atoms with Gasteiger partial charge in [-0.3, -0.25) is 0 Å². The molecule has 2 heteroatoms. The Kier molecular flexibility index (Phi) is 1.78. The summed E-state index contributed by atoms with van der Waals surface area (Å²) in [4.78, 5) is 0. The van der Waals surface area contributed by atoms with E-state index in [1.807, 2.05) is 6.92 Å². The van der Waals surface area contributed by atoms with Crippen LogP contribution in [0.3, 0.4) is 0 Å². The highest BCUT2D eigenvalue weighted by molar-refractivity contribution is 4.88. The highest BCUT2D eigenvalue weighted by Crippen LogP contribution is 2.34. The van der Waals surface area contributed by atoms with E-state index in [2.05, 4.69) is 0 Å². The molecular formula is C7H14O2. The van der Waals surface area contributed by atoms with Crippen LogP contribution in [0.25, 0.3) is 0 Å². The third-order valence-electron chi connectivity index (χ3n) is 2.44. The van der Waals surface area contributed by atoms with E-state index in [9.17, 15) is 5.11 Å². The third kappa shape index (κ3) is 1.10. The number of hydrogen-bond donors (Lipinski definition) is 2. The number of aliphatic hydroxyl groups is 2. The van der Waals surface area contributed by atoms with Crippen LogP contribution in [0, 0.1) is 5.92 Å². The molecule has 2 nitrogen and oxygen atoms in total. The molecule has 0 bridgehead atoms. The van der Waals surface area contributed by atoms with Crippen molar-refractivity contribution in [1.82, 2.24) is 0 Å². The van der Waals surface area contributed by atoms with Gasteiger partial charge in [0.1, 0.15) is 0 Å². The maximum atomic E-state index is 9.52. The van der Waals surface area contributed by atoms with E-state index in [1.54, 1.807) is 0 Å². The summed E-state index contributed by atoms with van der Waals surface area (Å²) in [5, 5.41) is 18.3. The average molecular weight is 130 g/mol. The topological polar surface area (TPSA) is 40.5 Å². The Morgan fingerprint density at radius 1 is 1.67 bits per heavy atom. The monoisotopic (exact) mass is 130 g/mol. The lowest BCUT2D eigenvalue weighted by Crippen LogP contribution is -2.35. The first-order valence-corrected chi connectivity index (χ1v) is 3.52. The molecule has 0 heterocycles. The Morgan fingerprint density at radius 2 is 2.33 bits per heavy atom. The van der Waals surface area contributed by atoms with Crippen molar-refractivity contribution in [2.75, 3.05) is 6.61 Å². The number of aliphatic hydroxyl groups excluding tert-OH is 1. The SMILES string of the molecule is C[C@@H]1CCC[C@@]1(O)CO. The van der Waals surface area contributed by atoms with Crippen molar-refractivity contribution in [2.24, 2.45) is 5.92 Å². The molecule has 1 aliphatic carbocycles. The van der Waals surface area contributed by atoms with E-state index in [0.717, 1.165) is 19.3 Å². The summed E-state index contributed by atoms with van der Waals surface area (Å²) in [5.41, 5.74) is -0.750. The van der Waals surface area contributed by atoms with Gasteiger partial charge in [-0.25, -0.2) is 0 Å². The van der Waals surface area contributed by atoms with Crippen molar-refractivity contribution in [3.8, 4) is 0 Å². The predicted molar refractivity (Wildman–Crippen MR) is 35.1 cm³/mol. The molecule has 2 atom stereocenters. The minimum atomic E-state index is -0.750. The highest BCUT2D eigenvalue weighted by atomic mass is 16.3. The summed E-state index contributed by atoms with van der Waals surface area (Å²) in [6.07, 6.45) is 2.87. The highest BCUT2D eigenvalue weighted by Gasteiger charge is 2.37. The Bertz CT molecular complexity index is 103. The van der Waals surface area contributed by atoms with E-state index in [4.69, 9.17) is 5.11 Å². The van der Waals surface area contributed by atoms with Crippen LogP contribution in [0.4, 0.5) is 0 Å². The minimum absolute atomic E-state index is 0.0752. The van der Waals surface area contributed by atoms with E-state index in [-0.39, 0.29) is 12.5 Å². The van der Waals surface area contributed by atoms with Gasteiger partial charge in [-0.05, 0) is 18.8 Å². The van der Waals surface area contributed by atoms with Crippen LogP contribution < -0.4 is 0 Å². The molecular weight excluding hydrogens is 116 g/mol. The first-order chi connectivity index (χ1) is 4.19. The van der Waals surface area contributed by atoms with Crippen LogP contribution in [0.2, 0.25) is 0 Å². The summed E-state index contributed by atoms with van der Waals surface area (Å²) in [6.45, 7) is 1.91. The lowest BCUT2D eigenvalue weighted by molar-refractivity contribution is -0.0390. The summed E-state index contributed by atoms with van der Waals surface area (Å²) in [6, 6.07) is 0. The van der Waals surface area contributed by atoms with Gasteiger partial charge in [0.05, 0.1) is 12.2 Å². The van der Waals surface area contributed by atoms with Crippen LogP contribution in [-0.2, 0) is 0 Å². The molecule has 0 saturated heterocycles. The molecule has 1 fully saturated rings. The molecule has 1 aliphatic rings. The van der Waals surface area contributed by atoms with Gasteiger partial charge in [0.15, 0.2) is 0 Å². The quantitative estimate of drug-likeness (QED) is 0.543. The van der Waals surface area contributed by atoms with Gasteiger partial charge in [-0.15, -0.1) is 0 Å². The Balaban J connectivity index is 2.56. The second kappa shape index (κ2) is 2.27. The van der Waals surface area contributed by atoms with E-state index >= 15 is 0 Å². The van der Waals surface area contributed by atoms with Gasteiger partial charge in [0, 0.05) is 0 Å². The molecule has 0 aromatic heterocycles. The molecule has 2 N–H and O–H groups in total. The van der Waals surface area contributed by atoms with Crippen molar-refractivity contribution in [3.05, 3.63) is 0 Å². The summed E-state index contributed by atoms with van der Waals surface area (Å²) in [7, 11) is 0. The first-order valence-electron chi connectivity index (χ1n) is 3.52. The fraction of sp³-hybridized carbons (Fsp3) is 1.00. The van der Waals surface area contributed by atoms with Gasteiger partial charge in [-0.1, -0.05) is 13.3 Å². The molecule has 0 amide bonds. The molecule has 9 heavy (non-hydrogen) atoms. The molecule has 0 aromatic carbocycles. The predicted octanol–water partition coefficient (Wildman–Crippen LogP) is 0.530. The third-order valence-corrected chi connectivity index (χ3v) is 2.44. The van der Waals surface area contributed by atoms with Gasteiger partial charge >= 0.3 is 0 Å². The second-order valence-corrected chi connectivity index (χ2v) is 3.05. The van der Waals surface area contributed by atoms with E-state index in [1.165, 1.54) is 0 Å². The standard InChI is InChI=1S/C7H14O2/c1-6-3-2-4-7(6,9)5-8/h6,8-9H,2-5H2,1H3/t6-,7-/m1/s1. The molecule has 1 rings (SSSR count). The molecule has 0 spiro atoms. The van der Waals surface area contributed by atoms with Gasteiger partial charge in [0.25, 0.3) is 0 Å². The van der Waals surface area contributed by atoms with Gasteiger partial charge in [0.2, 0.25) is 0 Å². The van der Waals surface area contributed by atoms with Crippen molar-refractivity contribution < 1.29 is 10.2 Å². The van der Waals surface area contributed by atoms with E-state index in [0.29, 0.717) is 0 Å². The lowest BCUT2D eigenvalue weighted by Gasteiger charge is -2.24. The summed E-state index contributed by atoms with van der Waals surface area (Å²) < 4.78 is 0. The second-order valence-electron chi connectivity index (χ2n) is 3.05. The normalized spacial score (nSPS) is 43.7. The zero-order valence-electron chi connectivity index (χ0n) is 5.80. The van der Waals surface area contributed by atoms with Crippen molar-refractivity contribution in [3.63, 3.8) is 0 Å².